The van der Waals surface area contributed by atoms with E-state index in [1.165, 1.54) is 26.2 Å². The first-order valence-corrected chi connectivity index (χ1v) is 10.0. The zero-order valence-corrected chi connectivity index (χ0v) is 18.6. The van der Waals surface area contributed by atoms with E-state index in [-0.39, 0.29) is 30.2 Å². The molecule has 0 aromatic heterocycles. The lowest BCUT2D eigenvalue weighted by Crippen LogP contribution is -2.48. The molecule has 8 nitrogen and oxygen atoms in total. The predicted octanol–water partition coefficient (Wildman–Crippen LogP) is 3.57. The number of methoxy groups -OCH3 is 2. The smallest absolute Gasteiger partial charge is 0.338 e. The van der Waals surface area contributed by atoms with Crippen molar-refractivity contribution in [2.24, 2.45) is 0 Å². The third-order valence-electron chi connectivity index (χ3n) is 5.08. The maximum Gasteiger partial charge on any atom is 0.338 e. The van der Waals surface area contributed by atoms with Gasteiger partial charge in [-0.15, -0.1) is 0 Å². The van der Waals surface area contributed by atoms with Gasteiger partial charge in [0.05, 0.1) is 38.1 Å². The summed E-state index contributed by atoms with van der Waals surface area (Å²) in [5.74, 6) is -1.72. The van der Waals surface area contributed by atoms with E-state index in [4.69, 9.17) is 18.9 Å². The number of benzene rings is 2. The molecule has 1 N–H and O–H groups in total. The molecule has 0 saturated heterocycles. The predicted molar refractivity (Wildman–Crippen MR) is 114 cm³/mol. The average molecular weight is 462 g/mol. The Hall–Kier alpha value is -3.82. The lowest BCUT2D eigenvalue weighted by atomic mass is 9.93. The first-order chi connectivity index (χ1) is 15.8. The number of nitrogens with zero attached hydrogens (tertiary/aromatic N) is 1. The zero-order chi connectivity index (χ0) is 24.1. The third kappa shape index (κ3) is 5.00. The Morgan fingerprint density at radius 1 is 1.09 bits per heavy atom. The van der Waals surface area contributed by atoms with Gasteiger partial charge in [-0.2, -0.15) is 0 Å². The molecule has 0 saturated carbocycles. The molecule has 0 unspecified atom stereocenters. The number of likely N-dealkylation sites (N-methyl/N-ethyl adjacent to an activating group) is 1. The van der Waals surface area contributed by atoms with Crippen LogP contribution in [0.1, 0.15) is 18.5 Å². The first-order valence-electron chi connectivity index (χ1n) is 10.0. The Kier molecular flexibility index (Phi) is 7.37. The number of rotatable bonds is 8. The van der Waals surface area contributed by atoms with Crippen LogP contribution in [0.3, 0.4) is 0 Å². The van der Waals surface area contributed by atoms with Crippen molar-refractivity contribution < 1.29 is 37.3 Å². The summed E-state index contributed by atoms with van der Waals surface area (Å²) >= 11 is 0. The van der Waals surface area contributed by atoms with E-state index in [9.17, 15) is 18.4 Å². The summed E-state index contributed by atoms with van der Waals surface area (Å²) in [4.78, 5) is 27.0. The number of urea groups is 1. The third-order valence-corrected chi connectivity index (χ3v) is 5.08. The number of nitrogens with one attached hydrogen (secondary N) is 1. The summed E-state index contributed by atoms with van der Waals surface area (Å²) in [6, 6.07) is 6.30. The summed E-state index contributed by atoms with van der Waals surface area (Å²) in [6.45, 7) is 1.38. The quantitative estimate of drug-likeness (QED) is 0.604. The minimum absolute atomic E-state index is 0.0769. The highest BCUT2D eigenvalue weighted by Crippen LogP contribution is 2.37. The van der Waals surface area contributed by atoms with Crippen molar-refractivity contribution in [3.63, 3.8) is 0 Å². The van der Waals surface area contributed by atoms with Gasteiger partial charge in [-0.3, -0.25) is 4.90 Å². The fourth-order valence-corrected chi connectivity index (χ4v) is 3.42. The SMILES string of the molecule is CCOC(=O)C1=C(COc2ccc(F)cc2F)N(C)C(=O)N[C@@H]1c1cc(OC)ccc1OC. The molecule has 0 radical (unpaired) electrons. The fourth-order valence-electron chi connectivity index (χ4n) is 3.42. The highest BCUT2D eigenvalue weighted by atomic mass is 19.1. The molecule has 2 aromatic carbocycles. The number of amides is 2. The number of halogens is 2. The Balaban J connectivity index is 2.12. The van der Waals surface area contributed by atoms with Gasteiger partial charge in [-0.05, 0) is 37.3 Å². The van der Waals surface area contributed by atoms with Gasteiger partial charge in [-0.25, -0.2) is 18.4 Å². The Bertz CT molecular complexity index is 1090. The van der Waals surface area contributed by atoms with Crippen LogP contribution in [0.15, 0.2) is 47.7 Å². The van der Waals surface area contributed by atoms with E-state index in [1.807, 2.05) is 0 Å². The van der Waals surface area contributed by atoms with E-state index in [0.29, 0.717) is 23.1 Å². The van der Waals surface area contributed by atoms with Crippen LogP contribution in [-0.4, -0.2) is 51.4 Å². The molecule has 2 aromatic rings. The van der Waals surface area contributed by atoms with Crippen LogP contribution in [0.4, 0.5) is 13.6 Å². The van der Waals surface area contributed by atoms with E-state index < -0.39 is 29.7 Å². The van der Waals surface area contributed by atoms with Crippen LogP contribution in [0.25, 0.3) is 0 Å². The number of esters is 1. The number of hydrogen-bond acceptors (Lipinski definition) is 6. The lowest BCUT2D eigenvalue weighted by molar-refractivity contribution is -0.139. The van der Waals surface area contributed by atoms with Crippen LogP contribution < -0.4 is 19.5 Å². The van der Waals surface area contributed by atoms with Crippen LogP contribution in [0.2, 0.25) is 0 Å². The van der Waals surface area contributed by atoms with Gasteiger partial charge in [-0.1, -0.05) is 0 Å². The molecular weight excluding hydrogens is 438 g/mol. The van der Waals surface area contributed by atoms with Gasteiger partial charge >= 0.3 is 12.0 Å². The van der Waals surface area contributed by atoms with Crippen LogP contribution in [-0.2, 0) is 9.53 Å². The van der Waals surface area contributed by atoms with Gasteiger partial charge < -0.3 is 24.3 Å². The molecule has 1 aliphatic rings. The molecule has 2 amide bonds. The highest BCUT2D eigenvalue weighted by Gasteiger charge is 2.38. The van der Waals surface area contributed by atoms with Crippen molar-refractivity contribution in [1.82, 2.24) is 10.2 Å². The van der Waals surface area contributed by atoms with Crippen molar-refractivity contribution in [1.29, 1.82) is 0 Å². The molecular formula is C23H24F2N2O6. The van der Waals surface area contributed by atoms with E-state index in [1.54, 1.807) is 25.1 Å². The molecule has 10 heteroatoms. The standard InChI is InChI=1S/C23H24F2N2O6/c1-5-32-22(28)20-17(12-33-19-8-6-13(24)10-16(19)25)27(2)23(29)26-21(20)15-11-14(30-3)7-9-18(15)31-4/h6-11,21H,5,12H2,1-4H3,(H,26,29)/t21-/m1/s1. The molecule has 33 heavy (non-hydrogen) atoms. The van der Waals surface area contributed by atoms with Crippen LogP contribution in [0.5, 0.6) is 17.2 Å². The molecule has 1 heterocycles. The molecule has 1 aliphatic heterocycles. The second kappa shape index (κ2) is 10.2. The van der Waals surface area contributed by atoms with E-state index in [2.05, 4.69) is 5.32 Å². The molecule has 0 fully saturated rings. The normalized spacial score (nSPS) is 15.8. The van der Waals surface area contributed by atoms with E-state index in [0.717, 1.165) is 12.1 Å². The lowest BCUT2D eigenvalue weighted by Gasteiger charge is -2.35. The number of carbonyl (C=O) groups excluding carboxylic acids is 2. The number of ether oxygens (including phenoxy) is 4. The van der Waals surface area contributed by atoms with Crippen LogP contribution in [0, 0.1) is 11.6 Å². The minimum Gasteiger partial charge on any atom is -0.497 e. The molecule has 3 rings (SSSR count). The van der Waals surface area contributed by atoms with Crippen molar-refractivity contribution in [2.75, 3.05) is 34.5 Å². The van der Waals surface area contributed by atoms with Gasteiger partial charge in [0.25, 0.3) is 0 Å². The summed E-state index contributed by atoms with van der Waals surface area (Å²) in [5, 5.41) is 2.76. The van der Waals surface area contributed by atoms with Gasteiger partial charge in [0, 0.05) is 18.7 Å². The maximum absolute atomic E-state index is 14.1. The van der Waals surface area contributed by atoms with Gasteiger partial charge in [0.15, 0.2) is 11.6 Å². The molecule has 0 spiro atoms. The molecule has 0 bridgehead atoms. The van der Waals surface area contributed by atoms with Gasteiger partial charge in [0.2, 0.25) is 0 Å². The van der Waals surface area contributed by atoms with Crippen molar-refractivity contribution in [2.45, 2.75) is 13.0 Å². The van der Waals surface area contributed by atoms with Crippen molar-refractivity contribution >= 4 is 12.0 Å². The Labute approximate surface area is 189 Å². The Morgan fingerprint density at radius 3 is 2.45 bits per heavy atom. The summed E-state index contributed by atoms with van der Waals surface area (Å²) in [7, 11) is 4.38. The summed E-state index contributed by atoms with van der Waals surface area (Å²) < 4.78 is 48.8. The summed E-state index contributed by atoms with van der Waals surface area (Å²) in [5.41, 5.74) is 0.677. The van der Waals surface area contributed by atoms with Crippen molar-refractivity contribution in [3.8, 4) is 17.2 Å². The van der Waals surface area contributed by atoms with Crippen molar-refractivity contribution in [3.05, 3.63) is 64.9 Å². The average Bonchev–Trinajstić information content (AvgIpc) is 2.80. The molecule has 1 atom stereocenters. The number of hydrogen-bond donors (Lipinski definition) is 1. The zero-order valence-electron chi connectivity index (χ0n) is 18.6. The monoisotopic (exact) mass is 462 g/mol. The Morgan fingerprint density at radius 2 is 1.82 bits per heavy atom. The molecule has 176 valence electrons. The van der Waals surface area contributed by atoms with E-state index >= 15 is 0 Å². The van der Waals surface area contributed by atoms with Gasteiger partial charge in [0.1, 0.15) is 23.9 Å². The van der Waals surface area contributed by atoms with Crippen LogP contribution >= 0.6 is 0 Å². The fraction of sp³-hybridized carbons (Fsp3) is 0.304. The topological polar surface area (TPSA) is 86.3 Å². The second-order valence-electron chi connectivity index (χ2n) is 6.99. The second-order valence-corrected chi connectivity index (χ2v) is 6.99. The number of carbonyl (C=O) groups is 2. The maximum atomic E-state index is 14.1. The molecule has 0 aliphatic carbocycles. The first kappa shape index (κ1) is 23.8. The largest absolute Gasteiger partial charge is 0.497 e. The minimum atomic E-state index is -0.963. The summed E-state index contributed by atoms with van der Waals surface area (Å²) in [6.07, 6.45) is 0. The highest BCUT2D eigenvalue weighted by molar-refractivity contribution is 5.95.